The van der Waals surface area contributed by atoms with Crippen molar-refractivity contribution in [1.82, 2.24) is 10.2 Å². The zero-order valence-corrected chi connectivity index (χ0v) is 18.9. The van der Waals surface area contributed by atoms with Crippen LogP contribution in [0.1, 0.15) is 17.2 Å². The highest BCUT2D eigenvalue weighted by molar-refractivity contribution is 5.85. The summed E-state index contributed by atoms with van der Waals surface area (Å²) in [5.41, 5.74) is 4.30. The normalized spacial score (nSPS) is 15.2. The Morgan fingerprint density at radius 1 is 0.750 bits per heavy atom. The molecule has 0 aliphatic carbocycles. The number of hydrogen-bond acceptors (Lipinski definition) is 3. The fraction of sp³-hybridized carbons (Fsp3) is 0.250. The summed E-state index contributed by atoms with van der Waals surface area (Å²) >= 11 is 0. The SMILES string of the molecule is Cl.Cl.FC(F)(F)Oc1ccc([C@H](c2cccc(-c3ccccc3)c2)N2CCNCC2)cc1. The lowest BCUT2D eigenvalue weighted by Gasteiger charge is -2.36. The Bertz CT molecular complexity index is 963. The average Bonchev–Trinajstić information content (AvgIpc) is 2.76. The average molecular weight is 485 g/mol. The quantitative estimate of drug-likeness (QED) is 0.474. The molecule has 1 aliphatic rings. The highest BCUT2D eigenvalue weighted by Crippen LogP contribution is 2.33. The van der Waals surface area contributed by atoms with Crippen molar-refractivity contribution in [1.29, 1.82) is 0 Å². The number of piperazine rings is 1. The van der Waals surface area contributed by atoms with Gasteiger partial charge in [0.1, 0.15) is 5.75 Å². The molecular weight excluding hydrogens is 460 g/mol. The molecule has 0 spiro atoms. The summed E-state index contributed by atoms with van der Waals surface area (Å²) in [5.74, 6) is -0.205. The van der Waals surface area contributed by atoms with E-state index < -0.39 is 6.36 Å². The third-order valence-electron chi connectivity index (χ3n) is 5.26. The summed E-state index contributed by atoms with van der Waals surface area (Å²) in [7, 11) is 0. The molecule has 0 saturated carbocycles. The molecule has 0 unspecified atom stereocenters. The summed E-state index contributed by atoms with van der Waals surface area (Å²) in [6.07, 6.45) is -4.69. The van der Waals surface area contributed by atoms with E-state index >= 15 is 0 Å². The molecule has 172 valence electrons. The largest absolute Gasteiger partial charge is 0.573 e. The zero-order valence-electron chi connectivity index (χ0n) is 17.2. The highest BCUT2D eigenvalue weighted by Gasteiger charge is 2.31. The van der Waals surface area contributed by atoms with Gasteiger partial charge in [-0.05, 0) is 40.5 Å². The van der Waals surface area contributed by atoms with Crippen LogP contribution in [-0.2, 0) is 0 Å². The Kier molecular flexibility index (Phi) is 9.40. The molecule has 3 aromatic rings. The monoisotopic (exact) mass is 484 g/mol. The van der Waals surface area contributed by atoms with E-state index in [9.17, 15) is 13.2 Å². The van der Waals surface area contributed by atoms with Crippen LogP contribution in [0.25, 0.3) is 11.1 Å². The van der Waals surface area contributed by atoms with Crippen molar-refractivity contribution in [3.8, 4) is 16.9 Å². The number of hydrogen-bond donors (Lipinski definition) is 1. The van der Waals surface area contributed by atoms with Gasteiger partial charge in [-0.3, -0.25) is 4.90 Å². The molecule has 1 fully saturated rings. The molecule has 1 aliphatic heterocycles. The minimum Gasteiger partial charge on any atom is -0.406 e. The number of benzene rings is 3. The maximum Gasteiger partial charge on any atom is 0.573 e. The van der Waals surface area contributed by atoms with Crippen LogP contribution in [0.2, 0.25) is 0 Å². The minimum atomic E-state index is -4.69. The van der Waals surface area contributed by atoms with Crippen molar-refractivity contribution >= 4 is 24.8 Å². The molecular formula is C24H25Cl2F3N2O. The standard InChI is InChI=1S/C24H23F3N2O.2ClH/c25-24(26,27)30-22-11-9-19(10-12-22)23(29-15-13-28-14-16-29)21-8-4-7-20(17-21)18-5-2-1-3-6-18;;/h1-12,17,23,28H,13-16H2;2*1H/t23-;;/m1../s1. The van der Waals surface area contributed by atoms with Crippen molar-refractivity contribution in [2.45, 2.75) is 12.4 Å². The molecule has 8 heteroatoms. The number of rotatable bonds is 5. The fourth-order valence-electron chi connectivity index (χ4n) is 3.93. The second kappa shape index (κ2) is 11.6. The van der Waals surface area contributed by atoms with Gasteiger partial charge < -0.3 is 10.1 Å². The summed E-state index contributed by atoms with van der Waals surface area (Å²) < 4.78 is 41.6. The molecule has 0 amide bonds. The van der Waals surface area contributed by atoms with Gasteiger partial charge in [0.15, 0.2) is 0 Å². The molecule has 1 atom stereocenters. The summed E-state index contributed by atoms with van der Waals surface area (Å²) in [5, 5.41) is 3.36. The zero-order chi connectivity index (χ0) is 21.0. The van der Waals surface area contributed by atoms with Gasteiger partial charge in [0, 0.05) is 26.2 Å². The Morgan fingerprint density at radius 2 is 1.38 bits per heavy atom. The fourth-order valence-corrected chi connectivity index (χ4v) is 3.93. The Morgan fingerprint density at radius 3 is 2.00 bits per heavy atom. The van der Waals surface area contributed by atoms with Crippen molar-refractivity contribution in [2.24, 2.45) is 0 Å². The third kappa shape index (κ3) is 6.62. The van der Waals surface area contributed by atoms with Crippen molar-refractivity contribution in [3.63, 3.8) is 0 Å². The van der Waals surface area contributed by atoms with Crippen molar-refractivity contribution in [3.05, 3.63) is 90.0 Å². The first-order valence-electron chi connectivity index (χ1n) is 9.95. The van der Waals surface area contributed by atoms with Crippen LogP contribution in [0.15, 0.2) is 78.9 Å². The maximum atomic E-state index is 12.5. The molecule has 4 rings (SSSR count). The number of nitrogens with one attached hydrogen (secondary N) is 1. The molecule has 3 nitrogen and oxygen atoms in total. The molecule has 0 aromatic heterocycles. The van der Waals surface area contributed by atoms with Gasteiger partial charge in [-0.15, -0.1) is 38.0 Å². The Labute approximate surface area is 198 Å². The molecule has 32 heavy (non-hydrogen) atoms. The lowest BCUT2D eigenvalue weighted by Crippen LogP contribution is -2.45. The van der Waals surface area contributed by atoms with Crippen LogP contribution in [0.4, 0.5) is 13.2 Å². The first-order valence-corrected chi connectivity index (χ1v) is 9.95. The van der Waals surface area contributed by atoms with Crippen LogP contribution >= 0.6 is 24.8 Å². The van der Waals surface area contributed by atoms with E-state index in [0.717, 1.165) is 48.4 Å². The van der Waals surface area contributed by atoms with Gasteiger partial charge in [0.2, 0.25) is 0 Å². The van der Waals surface area contributed by atoms with E-state index in [4.69, 9.17) is 0 Å². The number of halogens is 5. The second-order valence-electron chi connectivity index (χ2n) is 7.30. The van der Waals surface area contributed by atoms with Crippen LogP contribution < -0.4 is 10.1 Å². The first-order chi connectivity index (χ1) is 14.5. The third-order valence-corrected chi connectivity index (χ3v) is 5.26. The van der Waals surface area contributed by atoms with Gasteiger partial charge >= 0.3 is 6.36 Å². The van der Waals surface area contributed by atoms with E-state index in [2.05, 4.69) is 45.3 Å². The van der Waals surface area contributed by atoms with Gasteiger partial charge in [-0.25, -0.2) is 0 Å². The van der Waals surface area contributed by atoms with E-state index in [0.29, 0.717) is 0 Å². The smallest absolute Gasteiger partial charge is 0.406 e. The van der Waals surface area contributed by atoms with Crippen molar-refractivity contribution < 1.29 is 17.9 Å². The second-order valence-corrected chi connectivity index (χ2v) is 7.30. The topological polar surface area (TPSA) is 24.5 Å². The first kappa shape index (κ1) is 26.0. The molecule has 0 radical (unpaired) electrons. The van der Waals surface area contributed by atoms with Crippen molar-refractivity contribution in [2.75, 3.05) is 26.2 Å². The summed E-state index contributed by atoms with van der Waals surface area (Å²) in [6.45, 7) is 3.48. The van der Waals surface area contributed by atoms with Gasteiger partial charge in [-0.1, -0.05) is 60.7 Å². The number of ether oxygens (including phenoxy) is 1. The lowest BCUT2D eigenvalue weighted by atomic mass is 9.93. The molecule has 0 bridgehead atoms. The Hall–Kier alpha value is -2.25. The van der Waals surface area contributed by atoms with Gasteiger partial charge in [0.05, 0.1) is 6.04 Å². The van der Waals surface area contributed by atoms with Gasteiger partial charge in [-0.2, -0.15) is 0 Å². The van der Waals surface area contributed by atoms with Crippen LogP contribution in [-0.4, -0.2) is 37.4 Å². The van der Waals surface area contributed by atoms with E-state index in [1.54, 1.807) is 12.1 Å². The highest BCUT2D eigenvalue weighted by atomic mass is 35.5. The summed E-state index contributed by atoms with van der Waals surface area (Å²) in [4.78, 5) is 2.36. The van der Waals surface area contributed by atoms with Crippen LogP contribution in [0.3, 0.4) is 0 Å². The maximum absolute atomic E-state index is 12.5. The van der Waals surface area contributed by atoms with Crippen LogP contribution in [0.5, 0.6) is 5.75 Å². The molecule has 1 saturated heterocycles. The molecule has 3 aromatic carbocycles. The lowest BCUT2D eigenvalue weighted by molar-refractivity contribution is -0.274. The predicted octanol–water partition coefficient (Wildman–Crippen LogP) is 6.09. The van der Waals surface area contributed by atoms with Gasteiger partial charge in [0.25, 0.3) is 0 Å². The Balaban J connectivity index is 0.00000181. The van der Waals surface area contributed by atoms with E-state index in [1.165, 1.54) is 12.1 Å². The molecule has 1 heterocycles. The molecule has 1 N–H and O–H groups in total. The number of nitrogens with zero attached hydrogens (tertiary/aromatic N) is 1. The van der Waals surface area contributed by atoms with Crippen LogP contribution in [0, 0.1) is 0 Å². The predicted molar refractivity (Wildman–Crippen MR) is 126 cm³/mol. The number of alkyl halides is 3. The summed E-state index contributed by atoms with van der Waals surface area (Å²) in [6, 6.07) is 24.7. The minimum absolute atomic E-state index is 0. The van der Waals surface area contributed by atoms with E-state index in [-0.39, 0.29) is 36.6 Å². The van der Waals surface area contributed by atoms with E-state index in [1.807, 2.05) is 24.3 Å².